The highest BCUT2D eigenvalue weighted by Crippen LogP contribution is 2.31. The summed E-state index contributed by atoms with van der Waals surface area (Å²) in [7, 11) is 3.31. The molecule has 2 aromatic rings. The number of ether oxygens (including phenoxy) is 2. The van der Waals surface area contributed by atoms with Crippen LogP contribution in [0.15, 0.2) is 24.4 Å². The third-order valence-corrected chi connectivity index (χ3v) is 5.04. The number of piperidine rings is 1. The number of nitrogens with two attached hydrogens (primary N) is 1. The first-order valence-corrected chi connectivity index (χ1v) is 9.05. The summed E-state index contributed by atoms with van der Waals surface area (Å²) in [6, 6.07) is 5.99. The van der Waals surface area contributed by atoms with Crippen LogP contribution >= 0.6 is 0 Å². The van der Waals surface area contributed by atoms with Crippen molar-refractivity contribution in [2.24, 2.45) is 5.92 Å². The average Bonchev–Trinajstić information content (AvgIpc) is 3.03. The lowest BCUT2D eigenvalue weighted by molar-refractivity contribution is 0.0593. The zero-order chi connectivity index (χ0) is 20.3. The Morgan fingerprint density at radius 2 is 2.11 bits per heavy atom. The van der Waals surface area contributed by atoms with Crippen molar-refractivity contribution in [2.45, 2.75) is 12.8 Å². The van der Waals surface area contributed by atoms with Gasteiger partial charge in [0.1, 0.15) is 17.6 Å². The van der Waals surface area contributed by atoms with E-state index in [0.29, 0.717) is 24.0 Å². The van der Waals surface area contributed by atoms with Crippen LogP contribution in [0.4, 0.5) is 10.1 Å². The van der Waals surface area contributed by atoms with Gasteiger partial charge in [-0.15, -0.1) is 0 Å². The lowest BCUT2D eigenvalue weighted by Crippen LogP contribution is -2.32. The van der Waals surface area contributed by atoms with Gasteiger partial charge in [0, 0.05) is 12.3 Å². The summed E-state index contributed by atoms with van der Waals surface area (Å²) in [5, 5.41) is 9.27. The predicted molar refractivity (Wildman–Crippen MR) is 102 cm³/mol. The number of nitrogens with zero attached hydrogens (tertiary/aromatic N) is 3. The lowest BCUT2D eigenvalue weighted by atomic mass is 9.98. The van der Waals surface area contributed by atoms with Crippen LogP contribution in [0.3, 0.4) is 0 Å². The largest absolute Gasteiger partial charge is 0.491 e. The highest BCUT2D eigenvalue weighted by molar-refractivity contribution is 5.96. The second-order valence-corrected chi connectivity index (χ2v) is 6.95. The number of nitrogen functional groups attached to an aromatic ring is 1. The van der Waals surface area contributed by atoms with E-state index >= 15 is 0 Å². The molecule has 0 bridgehead atoms. The quantitative estimate of drug-likeness (QED) is 0.794. The first-order valence-electron chi connectivity index (χ1n) is 9.05. The molecular formula is C20H23FN4O3. The monoisotopic (exact) mass is 386 g/mol. The number of hydrogen-bond donors (Lipinski definition) is 1. The molecule has 0 amide bonds. The molecule has 2 N–H and O–H groups in total. The Morgan fingerprint density at radius 3 is 2.75 bits per heavy atom. The number of benzene rings is 1. The van der Waals surface area contributed by atoms with Gasteiger partial charge in [0.2, 0.25) is 0 Å². The third kappa shape index (κ3) is 3.94. The molecule has 1 aromatic heterocycles. The molecule has 0 spiro atoms. The van der Waals surface area contributed by atoms with Gasteiger partial charge in [0.15, 0.2) is 5.69 Å². The van der Waals surface area contributed by atoms with Crippen molar-refractivity contribution in [3.63, 3.8) is 0 Å². The van der Waals surface area contributed by atoms with E-state index in [-0.39, 0.29) is 16.9 Å². The van der Waals surface area contributed by atoms with Crippen molar-refractivity contribution in [2.75, 3.05) is 39.6 Å². The van der Waals surface area contributed by atoms with Gasteiger partial charge in [-0.2, -0.15) is 5.26 Å². The van der Waals surface area contributed by atoms with E-state index in [2.05, 4.69) is 11.9 Å². The molecule has 2 heterocycles. The molecule has 0 aliphatic carbocycles. The van der Waals surface area contributed by atoms with Crippen LogP contribution < -0.4 is 10.5 Å². The number of esters is 1. The molecule has 1 saturated heterocycles. The summed E-state index contributed by atoms with van der Waals surface area (Å²) in [4.78, 5) is 14.5. The fraction of sp³-hybridized carbons (Fsp3) is 0.400. The lowest BCUT2D eigenvalue weighted by Gasteiger charge is -2.29. The van der Waals surface area contributed by atoms with Crippen LogP contribution in [0.25, 0.3) is 5.69 Å². The maximum Gasteiger partial charge on any atom is 0.357 e. The van der Waals surface area contributed by atoms with Crippen molar-refractivity contribution in [3.05, 3.63) is 41.5 Å². The molecule has 1 aromatic carbocycles. The summed E-state index contributed by atoms with van der Waals surface area (Å²) in [5.74, 6) is -0.406. The predicted octanol–water partition coefficient (Wildman–Crippen LogP) is 2.58. The standard InChI is InChI=1S/C20H23FN4O3/c1-24-7-5-13(6-8-24)12-28-17-4-3-15(21)9-16(17)25-11-14(10-22)18(23)19(25)20(26)27-2/h3-4,9,11,13H,5-8,12,23H2,1-2H3. The van der Waals surface area contributed by atoms with Crippen LogP contribution in [0.1, 0.15) is 28.9 Å². The Kier molecular flexibility index (Phi) is 5.85. The summed E-state index contributed by atoms with van der Waals surface area (Å²) in [5.41, 5.74) is 6.29. The topological polar surface area (TPSA) is 93.5 Å². The number of carbonyl (C=O) groups excluding carboxylic acids is 1. The minimum absolute atomic E-state index is 0.0140. The van der Waals surface area contributed by atoms with E-state index in [9.17, 15) is 14.4 Å². The average molecular weight is 386 g/mol. The van der Waals surface area contributed by atoms with Gasteiger partial charge < -0.3 is 24.7 Å². The number of likely N-dealkylation sites (tertiary alicyclic amines) is 1. The smallest absolute Gasteiger partial charge is 0.357 e. The summed E-state index contributed by atoms with van der Waals surface area (Å²) < 4.78 is 26.1. The van der Waals surface area contributed by atoms with E-state index in [1.54, 1.807) is 0 Å². The molecule has 1 fully saturated rings. The van der Waals surface area contributed by atoms with Crippen molar-refractivity contribution >= 4 is 11.7 Å². The Labute approximate surface area is 163 Å². The normalized spacial score (nSPS) is 15.2. The van der Waals surface area contributed by atoms with Gasteiger partial charge in [-0.05, 0) is 51.0 Å². The SMILES string of the molecule is COC(=O)c1c(N)c(C#N)cn1-c1cc(F)ccc1OCC1CCN(C)CC1. The molecule has 1 aliphatic heterocycles. The van der Waals surface area contributed by atoms with E-state index in [0.717, 1.165) is 25.9 Å². The number of halogens is 1. The van der Waals surface area contributed by atoms with Crippen LogP contribution in [0.5, 0.6) is 5.75 Å². The minimum atomic E-state index is -0.718. The van der Waals surface area contributed by atoms with Crippen LogP contribution in [0, 0.1) is 23.1 Å². The van der Waals surface area contributed by atoms with Gasteiger partial charge in [-0.1, -0.05) is 0 Å². The molecular weight excluding hydrogens is 363 g/mol. The molecule has 0 radical (unpaired) electrons. The first-order chi connectivity index (χ1) is 13.4. The number of nitriles is 1. The minimum Gasteiger partial charge on any atom is -0.491 e. The van der Waals surface area contributed by atoms with Gasteiger partial charge in [0.25, 0.3) is 0 Å². The number of rotatable bonds is 5. The van der Waals surface area contributed by atoms with E-state index in [1.165, 1.54) is 36.1 Å². The van der Waals surface area contributed by atoms with Gasteiger partial charge >= 0.3 is 5.97 Å². The molecule has 0 atom stereocenters. The highest BCUT2D eigenvalue weighted by atomic mass is 19.1. The zero-order valence-electron chi connectivity index (χ0n) is 15.9. The Morgan fingerprint density at radius 1 is 1.39 bits per heavy atom. The number of hydrogen-bond acceptors (Lipinski definition) is 6. The molecule has 0 saturated carbocycles. The van der Waals surface area contributed by atoms with E-state index in [4.69, 9.17) is 15.2 Å². The number of methoxy groups -OCH3 is 1. The molecule has 7 nitrogen and oxygen atoms in total. The summed E-state index contributed by atoms with van der Waals surface area (Å²) in [6.45, 7) is 2.51. The van der Waals surface area contributed by atoms with Crippen molar-refractivity contribution in [1.29, 1.82) is 5.26 Å². The molecule has 148 valence electrons. The summed E-state index contributed by atoms with van der Waals surface area (Å²) >= 11 is 0. The maximum atomic E-state index is 14.0. The van der Waals surface area contributed by atoms with Crippen molar-refractivity contribution < 1.29 is 18.7 Å². The molecule has 8 heteroatoms. The molecule has 28 heavy (non-hydrogen) atoms. The Balaban J connectivity index is 1.95. The summed E-state index contributed by atoms with van der Waals surface area (Å²) in [6.07, 6.45) is 3.43. The fourth-order valence-corrected chi connectivity index (χ4v) is 3.34. The van der Waals surface area contributed by atoms with Crippen LogP contribution in [0.2, 0.25) is 0 Å². The highest BCUT2D eigenvalue weighted by Gasteiger charge is 2.24. The van der Waals surface area contributed by atoms with Crippen molar-refractivity contribution in [3.8, 4) is 17.5 Å². The number of anilines is 1. The van der Waals surface area contributed by atoms with E-state index in [1.807, 2.05) is 6.07 Å². The molecule has 0 unspecified atom stereocenters. The van der Waals surface area contributed by atoms with Gasteiger partial charge in [0.05, 0.1) is 30.7 Å². The Hall–Kier alpha value is -3.05. The van der Waals surface area contributed by atoms with Gasteiger partial charge in [-0.3, -0.25) is 0 Å². The van der Waals surface area contributed by atoms with Crippen LogP contribution in [-0.2, 0) is 4.74 Å². The van der Waals surface area contributed by atoms with E-state index < -0.39 is 11.8 Å². The first kappa shape index (κ1) is 19.7. The molecule has 1 aliphatic rings. The zero-order valence-corrected chi connectivity index (χ0v) is 15.9. The van der Waals surface area contributed by atoms with Crippen molar-refractivity contribution in [1.82, 2.24) is 9.47 Å². The Bertz CT molecular complexity index is 911. The second kappa shape index (κ2) is 8.31. The van der Waals surface area contributed by atoms with Crippen LogP contribution in [-0.4, -0.2) is 49.3 Å². The second-order valence-electron chi connectivity index (χ2n) is 6.95. The fourth-order valence-electron chi connectivity index (χ4n) is 3.34. The maximum absolute atomic E-state index is 14.0. The molecule has 3 rings (SSSR count). The number of carbonyl (C=O) groups is 1. The third-order valence-electron chi connectivity index (χ3n) is 5.04. The van der Waals surface area contributed by atoms with Gasteiger partial charge in [-0.25, -0.2) is 9.18 Å². The number of aromatic nitrogens is 1.